The van der Waals surface area contributed by atoms with Gasteiger partial charge in [0.15, 0.2) is 5.13 Å². The molecule has 1 aromatic carbocycles. The molecular formula is C20H26N6OS2. The van der Waals surface area contributed by atoms with Crippen LogP contribution in [-0.4, -0.2) is 46.7 Å². The molecule has 2 aromatic heterocycles. The number of carbonyl (C=O) groups excluding carboxylic acids is 1. The first kappa shape index (κ1) is 21.3. The third-order valence-corrected chi connectivity index (χ3v) is 5.92. The van der Waals surface area contributed by atoms with E-state index in [4.69, 9.17) is 0 Å². The van der Waals surface area contributed by atoms with Gasteiger partial charge in [0.2, 0.25) is 5.95 Å². The van der Waals surface area contributed by atoms with Gasteiger partial charge in [-0.1, -0.05) is 25.2 Å². The van der Waals surface area contributed by atoms with Crippen LogP contribution in [0.15, 0.2) is 35.5 Å². The minimum Gasteiger partial charge on any atom is -0.361 e. The van der Waals surface area contributed by atoms with Crippen LogP contribution in [-0.2, 0) is 0 Å². The van der Waals surface area contributed by atoms with Crippen LogP contribution in [0, 0.1) is 5.92 Å². The topological polar surface area (TPSA) is 91.8 Å². The summed E-state index contributed by atoms with van der Waals surface area (Å²) in [5.74, 6) is 0.967. The molecule has 3 rings (SSSR count). The van der Waals surface area contributed by atoms with Gasteiger partial charge < -0.3 is 16.0 Å². The zero-order valence-electron chi connectivity index (χ0n) is 16.9. The van der Waals surface area contributed by atoms with Crippen LogP contribution in [0.4, 0.5) is 11.1 Å². The van der Waals surface area contributed by atoms with Crippen LogP contribution in [0.2, 0.25) is 0 Å². The average molecular weight is 431 g/mol. The lowest BCUT2D eigenvalue weighted by Gasteiger charge is -2.13. The van der Waals surface area contributed by atoms with Crippen molar-refractivity contribution in [1.82, 2.24) is 20.3 Å². The minimum absolute atomic E-state index is 0.0378. The Morgan fingerprint density at radius 3 is 2.69 bits per heavy atom. The lowest BCUT2D eigenvalue weighted by atomic mass is 10.2. The number of amides is 1. The lowest BCUT2D eigenvalue weighted by molar-refractivity contribution is 0.0954. The molecule has 0 aliphatic heterocycles. The maximum absolute atomic E-state index is 12.1. The summed E-state index contributed by atoms with van der Waals surface area (Å²) < 4.78 is 1.00. The Morgan fingerprint density at radius 2 is 1.97 bits per heavy atom. The molecule has 0 aliphatic carbocycles. The smallest absolute Gasteiger partial charge is 0.251 e. The van der Waals surface area contributed by atoms with Gasteiger partial charge in [-0.05, 0) is 36.8 Å². The fourth-order valence-electron chi connectivity index (χ4n) is 2.59. The summed E-state index contributed by atoms with van der Waals surface area (Å²) in [4.78, 5) is 26.4. The highest BCUT2D eigenvalue weighted by Gasteiger charge is 2.10. The Kier molecular flexibility index (Phi) is 7.65. The van der Waals surface area contributed by atoms with E-state index in [2.05, 4.69) is 37.8 Å². The van der Waals surface area contributed by atoms with Crippen LogP contribution in [0.3, 0.4) is 0 Å². The molecule has 1 amide bonds. The second kappa shape index (κ2) is 10.4. The van der Waals surface area contributed by atoms with Gasteiger partial charge in [0, 0.05) is 42.5 Å². The Labute approximate surface area is 179 Å². The van der Waals surface area contributed by atoms with Crippen LogP contribution in [0.1, 0.15) is 30.6 Å². The Morgan fingerprint density at radius 1 is 1.21 bits per heavy atom. The van der Waals surface area contributed by atoms with Crippen molar-refractivity contribution in [1.29, 1.82) is 0 Å². The van der Waals surface area contributed by atoms with Crippen LogP contribution < -0.4 is 16.0 Å². The number of anilines is 2. The van der Waals surface area contributed by atoms with Crippen molar-refractivity contribution in [3.63, 3.8) is 0 Å². The van der Waals surface area contributed by atoms with Gasteiger partial charge in [0.05, 0.1) is 10.2 Å². The third kappa shape index (κ3) is 6.04. The van der Waals surface area contributed by atoms with E-state index in [0.717, 1.165) is 39.8 Å². The van der Waals surface area contributed by atoms with E-state index in [1.807, 2.05) is 43.8 Å². The van der Waals surface area contributed by atoms with E-state index in [1.165, 1.54) is 0 Å². The Balaban J connectivity index is 1.52. The highest BCUT2D eigenvalue weighted by atomic mass is 32.2. The molecule has 0 spiro atoms. The molecule has 29 heavy (non-hydrogen) atoms. The van der Waals surface area contributed by atoms with Gasteiger partial charge in [0.1, 0.15) is 0 Å². The molecule has 0 unspecified atom stereocenters. The normalized spacial score (nSPS) is 12.0. The van der Waals surface area contributed by atoms with Crippen LogP contribution >= 0.6 is 23.1 Å². The van der Waals surface area contributed by atoms with Gasteiger partial charge in [-0.25, -0.2) is 15.0 Å². The van der Waals surface area contributed by atoms with E-state index in [-0.39, 0.29) is 5.91 Å². The molecule has 0 bridgehead atoms. The molecule has 3 N–H and O–H groups in total. The van der Waals surface area contributed by atoms with Crippen molar-refractivity contribution in [3.05, 3.63) is 36.2 Å². The quantitative estimate of drug-likeness (QED) is 0.417. The number of aromatic nitrogens is 3. The minimum atomic E-state index is -0.0378. The molecule has 154 valence electrons. The zero-order chi connectivity index (χ0) is 20.6. The first-order valence-corrected chi connectivity index (χ1v) is 11.7. The second-order valence-corrected chi connectivity index (χ2v) is 8.68. The predicted molar refractivity (Wildman–Crippen MR) is 122 cm³/mol. The maximum atomic E-state index is 12.1. The third-order valence-electron chi connectivity index (χ3n) is 4.26. The molecule has 0 saturated carbocycles. The van der Waals surface area contributed by atoms with Crippen molar-refractivity contribution in [2.24, 2.45) is 5.92 Å². The molecule has 1 atom stereocenters. The fraction of sp³-hybridized carbons (Fsp3) is 0.400. The number of nitrogens with zero attached hydrogens (tertiary/aromatic N) is 3. The van der Waals surface area contributed by atoms with Crippen molar-refractivity contribution in [3.8, 4) is 0 Å². The summed E-state index contributed by atoms with van der Waals surface area (Å²) in [7, 11) is 0. The zero-order valence-corrected chi connectivity index (χ0v) is 18.5. The predicted octanol–water partition coefficient (Wildman–Crippen LogP) is 4.11. The Bertz CT molecular complexity index is 944. The average Bonchev–Trinajstić information content (AvgIpc) is 3.17. The molecule has 0 saturated heterocycles. The van der Waals surface area contributed by atoms with Crippen molar-refractivity contribution < 1.29 is 4.79 Å². The number of thioether (sulfide) groups is 1. The molecule has 2 heterocycles. The van der Waals surface area contributed by atoms with Gasteiger partial charge >= 0.3 is 0 Å². The number of benzene rings is 1. The summed E-state index contributed by atoms with van der Waals surface area (Å²) in [5, 5.41) is 10.4. The number of nitrogens with one attached hydrogen (secondary N) is 3. The summed E-state index contributed by atoms with van der Waals surface area (Å²) in [6.45, 7) is 6.41. The molecule has 7 nitrogen and oxygen atoms in total. The van der Waals surface area contributed by atoms with Gasteiger partial charge in [-0.3, -0.25) is 4.79 Å². The number of thiazole rings is 1. The maximum Gasteiger partial charge on any atom is 0.251 e. The first-order valence-electron chi connectivity index (χ1n) is 9.61. The van der Waals surface area contributed by atoms with Crippen LogP contribution in [0.25, 0.3) is 10.2 Å². The van der Waals surface area contributed by atoms with E-state index in [1.54, 1.807) is 23.1 Å². The van der Waals surface area contributed by atoms with E-state index < -0.39 is 0 Å². The summed E-state index contributed by atoms with van der Waals surface area (Å²) in [5.41, 5.74) is 1.57. The SMILES string of the molecule is CCCNC(=O)c1ccc2nc(NC[C@@H](C)CNc3ncc(SC)cn3)sc2c1. The highest BCUT2D eigenvalue weighted by molar-refractivity contribution is 7.98. The summed E-state index contributed by atoms with van der Waals surface area (Å²) in [6.07, 6.45) is 6.57. The fourth-order valence-corrected chi connectivity index (χ4v) is 3.82. The summed E-state index contributed by atoms with van der Waals surface area (Å²) in [6, 6.07) is 5.63. The number of fused-ring (bicyclic) bond motifs is 1. The molecular weight excluding hydrogens is 404 g/mol. The standard InChI is InChI=1S/C20H26N6OS2/c1-4-7-21-18(27)14-5-6-16-17(8-14)29-20(26-16)25-10-13(2)9-22-19-23-11-15(28-3)12-24-19/h5-6,8,11-13H,4,7,9-10H2,1-3H3,(H,21,27)(H,25,26)(H,22,23,24)/t13-/m0/s1. The van der Waals surface area contributed by atoms with Crippen molar-refractivity contribution in [2.45, 2.75) is 25.2 Å². The number of hydrogen-bond donors (Lipinski definition) is 3. The van der Waals surface area contributed by atoms with Crippen molar-refractivity contribution >= 4 is 50.3 Å². The van der Waals surface area contributed by atoms with Gasteiger partial charge in [0.25, 0.3) is 5.91 Å². The largest absolute Gasteiger partial charge is 0.361 e. The van der Waals surface area contributed by atoms with E-state index in [9.17, 15) is 4.79 Å². The molecule has 9 heteroatoms. The molecule has 0 radical (unpaired) electrons. The van der Waals surface area contributed by atoms with Gasteiger partial charge in [-0.15, -0.1) is 11.8 Å². The second-order valence-electron chi connectivity index (χ2n) is 6.77. The monoisotopic (exact) mass is 430 g/mol. The highest BCUT2D eigenvalue weighted by Crippen LogP contribution is 2.27. The Hall–Kier alpha value is -2.39. The lowest BCUT2D eigenvalue weighted by Crippen LogP contribution is -2.23. The molecule has 3 aromatic rings. The van der Waals surface area contributed by atoms with E-state index >= 15 is 0 Å². The molecule has 0 fully saturated rings. The van der Waals surface area contributed by atoms with E-state index in [0.29, 0.717) is 24.0 Å². The van der Waals surface area contributed by atoms with Crippen molar-refractivity contribution in [2.75, 3.05) is 36.5 Å². The summed E-state index contributed by atoms with van der Waals surface area (Å²) >= 11 is 3.19. The first-order chi connectivity index (χ1) is 14.1. The number of hydrogen-bond acceptors (Lipinski definition) is 8. The van der Waals surface area contributed by atoms with Crippen LogP contribution in [0.5, 0.6) is 0 Å². The number of rotatable bonds is 10. The number of carbonyl (C=O) groups is 1. The molecule has 0 aliphatic rings. The van der Waals surface area contributed by atoms with Gasteiger partial charge in [-0.2, -0.15) is 0 Å².